The van der Waals surface area contributed by atoms with Gasteiger partial charge in [0.1, 0.15) is 5.82 Å². The summed E-state index contributed by atoms with van der Waals surface area (Å²) < 4.78 is 12.7. The van der Waals surface area contributed by atoms with Gasteiger partial charge in [0.25, 0.3) is 0 Å². The molecule has 0 heterocycles. The largest absolute Gasteiger partial charge is 0.207 e. The summed E-state index contributed by atoms with van der Waals surface area (Å²) in [5, 5.41) is 0. The fourth-order valence-corrected chi connectivity index (χ4v) is 1.76. The second-order valence-corrected chi connectivity index (χ2v) is 4.41. The lowest BCUT2D eigenvalue weighted by Crippen LogP contribution is -1.97. The van der Waals surface area contributed by atoms with Gasteiger partial charge < -0.3 is 0 Å². The summed E-state index contributed by atoms with van der Waals surface area (Å²) >= 11 is 0. The molecule has 0 saturated carbocycles. The highest BCUT2D eigenvalue weighted by molar-refractivity contribution is 5.15. The number of aryl methyl sites for hydroxylation is 1. The zero-order valence-corrected chi connectivity index (χ0v) is 9.80. The number of hydrogen-bond acceptors (Lipinski definition) is 0. The molecular formula is C14H21F. The highest BCUT2D eigenvalue weighted by Crippen LogP contribution is 2.15. The second kappa shape index (κ2) is 6.60. The van der Waals surface area contributed by atoms with Crippen LogP contribution in [0.4, 0.5) is 4.39 Å². The van der Waals surface area contributed by atoms with Crippen LogP contribution in [-0.2, 0) is 6.42 Å². The van der Waals surface area contributed by atoms with Gasteiger partial charge in [-0.3, -0.25) is 0 Å². The summed E-state index contributed by atoms with van der Waals surface area (Å²) in [5.74, 6) is 0.646. The van der Waals surface area contributed by atoms with Crippen LogP contribution in [0.25, 0.3) is 0 Å². The lowest BCUT2D eigenvalue weighted by molar-refractivity contribution is 0.472. The number of unbranched alkanes of at least 4 members (excludes halogenated alkanes) is 1. The van der Waals surface area contributed by atoms with Crippen molar-refractivity contribution in [3.05, 3.63) is 35.6 Å². The van der Waals surface area contributed by atoms with Crippen molar-refractivity contribution >= 4 is 0 Å². The van der Waals surface area contributed by atoms with E-state index in [0.29, 0.717) is 0 Å². The van der Waals surface area contributed by atoms with E-state index in [1.54, 1.807) is 12.1 Å². The molecule has 84 valence electrons. The van der Waals surface area contributed by atoms with Gasteiger partial charge in [-0.05, 0) is 36.5 Å². The van der Waals surface area contributed by atoms with E-state index in [2.05, 4.69) is 13.8 Å². The maximum atomic E-state index is 12.7. The Morgan fingerprint density at radius 3 is 2.40 bits per heavy atom. The molecule has 0 saturated heterocycles. The topological polar surface area (TPSA) is 0 Å². The molecule has 0 aliphatic rings. The Hall–Kier alpha value is -0.850. The summed E-state index contributed by atoms with van der Waals surface area (Å²) in [4.78, 5) is 0. The maximum Gasteiger partial charge on any atom is 0.123 e. The smallest absolute Gasteiger partial charge is 0.123 e. The molecule has 15 heavy (non-hydrogen) atoms. The molecule has 0 fully saturated rings. The molecule has 1 heteroatoms. The first-order chi connectivity index (χ1) is 7.22. The fourth-order valence-electron chi connectivity index (χ4n) is 1.76. The molecule has 0 nitrogen and oxygen atoms in total. The standard InChI is InChI=1S/C14H21F/c1-3-4-5-12(2)6-7-13-8-10-14(15)11-9-13/h8-12H,3-7H2,1-2H3. The van der Waals surface area contributed by atoms with Crippen LogP contribution in [0.3, 0.4) is 0 Å². The molecule has 0 aliphatic carbocycles. The van der Waals surface area contributed by atoms with E-state index >= 15 is 0 Å². The maximum absolute atomic E-state index is 12.7. The van der Waals surface area contributed by atoms with Gasteiger partial charge in [-0.25, -0.2) is 4.39 Å². The number of halogens is 1. The molecule has 0 aliphatic heterocycles. The van der Waals surface area contributed by atoms with Crippen molar-refractivity contribution < 1.29 is 4.39 Å². The number of rotatable bonds is 6. The van der Waals surface area contributed by atoms with Crippen molar-refractivity contribution in [2.45, 2.75) is 46.0 Å². The molecule has 1 atom stereocenters. The zero-order chi connectivity index (χ0) is 11.1. The first-order valence-electron chi connectivity index (χ1n) is 5.96. The predicted molar refractivity (Wildman–Crippen MR) is 63.4 cm³/mol. The second-order valence-electron chi connectivity index (χ2n) is 4.41. The van der Waals surface area contributed by atoms with Crippen LogP contribution in [0, 0.1) is 11.7 Å². The third-order valence-corrected chi connectivity index (χ3v) is 2.89. The first-order valence-corrected chi connectivity index (χ1v) is 5.96. The van der Waals surface area contributed by atoms with Crippen LogP contribution in [0.15, 0.2) is 24.3 Å². The minimum Gasteiger partial charge on any atom is -0.207 e. The Labute approximate surface area is 92.5 Å². The molecule has 0 radical (unpaired) electrons. The molecule has 0 aromatic heterocycles. The summed E-state index contributed by atoms with van der Waals surface area (Å²) in [6, 6.07) is 6.88. The number of benzene rings is 1. The molecule has 0 amide bonds. The molecule has 1 aromatic rings. The average Bonchev–Trinajstić information content (AvgIpc) is 2.25. The lowest BCUT2D eigenvalue weighted by Gasteiger charge is -2.10. The highest BCUT2D eigenvalue weighted by atomic mass is 19.1. The first kappa shape index (κ1) is 12.2. The van der Waals surface area contributed by atoms with Crippen LogP contribution in [0.5, 0.6) is 0 Å². The molecule has 1 rings (SSSR count). The summed E-state index contributed by atoms with van der Waals surface area (Å²) in [5.41, 5.74) is 1.25. The highest BCUT2D eigenvalue weighted by Gasteiger charge is 2.02. The fraction of sp³-hybridized carbons (Fsp3) is 0.571. The molecule has 0 N–H and O–H groups in total. The zero-order valence-electron chi connectivity index (χ0n) is 9.80. The van der Waals surface area contributed by atoms with E-state index in [4.69, 9.17) is 0 Å². The Kier molecular flexibility index (Phi) is 5.38. The Bertz CT molecular complexity index is 263. The third kappa shape index (κ3) is 4.96. The van der Waals surface area contributed by atoms with Crippen molar-refractivity contribution in [3.63, 3.8) is 0 Å². The number of hydrogen-bond donors (Lipinski definition) is 0. The van der Waals surface area contributed by atoms with E-state index < -0.39 is 0 Å². The SMILES string of the molecule is CCCCC(C)CCc1ccc(F)cc1. The summed E-state index contributed by atoms with van der Waals surface area (Å²) in [6.07, 6.45) is 6.21. The Balaban J connectivity index is 2.27. The van der Waals surface area contributed by atoms with Crippen LogP contribution in [0.2, 0.25) is 0 Å². The normalized spacial score (nSPS) is 12.7. The minimum atomic E-state index is -0.141. The van der Waals surface area contributed by atoms with Crippen LogP contribution in [-0.4, -0.2) is 0 Å². The summed E-state index contributed by atoms with van der Waals surface area (Å²) in [6.45, 7) is 4.53. The van der Waals surface area contributed by atoms with Gasteiger partial charge in [0, 0.05) is 0 Å². The van der Waals surface area contributed by atoms with E-state index in [1.807, 2.05) is 12.1 Å². The monoisotopic (exact) mass is 208 g/mol. The van der Waals surface area contributed by atoms with Crippen molar-refractivity contribution in [2.24, 2.45) is 5.92 Å². The molecular weight excluding hydrogens is 187 g/mol. The van der Waals surface area contributed by atoms with Crippen molar-refractivity contribution in [1.29, 1.82) is 0 Å². The Morgan fingerprint density at radius 1 is 1.13 bits per heavy atom. The van der Waals surface area contributed by atoms with Gasteiger partial charge in [-0.1, -0.05) is 45.2 Å². The van der Waals surface area contributed by atoms with E-state index in [0.717, 1.165) is 12.3 Å². The van der Waals surface area contributed by atoms with Crippen molar-refractivity contribution in [2.75, 3.05) is 0 Å². The van der Waals surface area contributed by atoms with Gasteiger partial charge in [-0.2, -0.15) is 0 Å². The van der Waals surface area contributed by atoms with Crippen LogP contribution >= 0.6 is 0 Å². The van der Waals surface area contributed by atoms with E-state index in [9.17, 15) is 4.39 Å². The predicted octanol–water partition coefficient (Wildman–Crippen LogP) is 4.58. The van der Waals surface area contributed by atoms with Crippen molar-refractivity contribution in [1.82, 2.24) is 0 Å². The molecule has 1 unspecified atom stereocenters. The van der Waals surface area contributed by atoms with Crippen LogP contribution in [0.1, 0.15) is 45.1 Å². The Morgan fingerprint density at radius 2 is 1.80 bits per heavy atom. The average molecular weight is 208 g/mol. The van der Waals surface area contributed by atoms with Crippen LogP contribution < -0.4 is 0 Å². The van der Waals surface area contributed by atoms with Gasteiger partial charge in [0.05, 0.1) is 0 Å². The lowest BCUT2D eigenvalue weighted by atomic mass is 9.96. The molecule has 0 spiro atoms. The van der Waals surface area contributed by atoms with Crippen molar-refractivity contribution in [3.8, 4) is 0 Å². The third-order valence-electron chi connectivity index (χ3n) is 2.89. The van der Waals surface area contributed by atoms with Gasteiger partial charge in [0.15, 0.2) is 0 Å². The summed E-state index contributed by atoms with van der Waals surface area (Å²) in [7, 11) is 0. The quantitative estimate of drug-likeness (QED) is 0.641. The molecule has 1 aromatic carbocycles. The van der Waals surface area contributed by atoms with Gasteiger partial charge >= 0.3 is 0 Å². The van der Waals surface area contributed by atoms with Gasteiger partial charge in [-0.15, -0.1) is 0 Å². The van der Waals surface area contributed by atoms with E-state index in [-0.39, 0.29) is 5.82 Å². The molecule has 0 bridgehead atoms. The van der Waals surface area contributed by atoms with Gasteiger partial charge in [0.2, 0.25) is 0 Å². The minimum absolute atomic E-state index is 0.141. The van der Waals surface area contributed by atoms with E-state index in [1.165, 1.54) is 31.2 Å².